The van der Waals surface area contributed by atoms with Crippen molar-refractivity contribution >= 4 is 0 Å². The molecule has 0 aromatic carbocycles. The van der Waals surface area contributed by atoms with Crippen molar-refractivity contribution in [2.24, 2.45) is 0 Å². The fourth-order valence-electron chi connectivity index (χ4n) is 2.23. The van der Waals surface area contributed by atoms with Crippen molar-refractivity contribution in [1.82, 2.24) is 15.1 Å². The van der Waals surface area contributed by atoms with Gasteiger partial charge in [0.15, 0.2) is 0 Å². The molecule has 1 fully saturated rings. The molecule has 0 aliphatic carbocycles. The van der Waals surface area contributed by atoms with Gasteiger partial charge in [-0.2, -0.15) is 5.10 Å². The topological polar surface area (TPSA) is 29.9 Å². The number of piperidine rings is 1. The van der Waals surface area contributed by atoms with Gasteiger partial charge in [-0.15, -0.1) is 0 Å². The molecule has 0 atom stereocenters. The first-order chi connectivity index (χ1) is 7.83. The van der Waals surface area contributed by atoms with E-state index >= 15 is 0 Å². The molecular weight excluding hydrogens is 198 g/mol. The van der Waals surface area contributed by atoms with Crippen molar-refractivity contribution < 1.29 is 0 Å². The molecule has 1 aromatic heterocycles. The number of nitrogens with one attached hydrogen (secondary N) is 1. The van der Waals surface area contributed by atoms with Crippen molar-refractivity contribution in [3.8, 4) is 0 Å². The molecule has 0 amide bonds. The Kier molecular flexibility index (Phi) is 5.53. The first kappa shape index (κ1) is 13.2. The van der Waals surface area contributed by atoms with E-state index in [0.717, 1.165) is 19.5 Å². The third kappa shape index (κ3) is 2.85. The van der Waals surface area contributed by atoms with Crippen molar-refractivity contribution in [2.75, 3.05) is 13.1 Å². The first-order valence-electron chi connectivity index (χ1n) is 6.56. The molecule has 0 saturated carbocycles. The van der Waals surface area contributed by atoms with Gasteiger partial charge >= 0.3 is 0 Å². The van der Waals surface area contributed by atoms with E-state index in [1.165, 1.54) is 24.1 Å². The van der Waals surface area contributed by atoms with Gasteiger partial charge in [-0.05, 0) is 44.8 Å². The molecule has 1 aromatic rings. The molecule has 16 heavy (non-hydrogen) atoms. The minimum atomic E-state index is 0.622. The van der Waals surface area contributed by atoms with E-state index in [9.17, 15) is 0 Å². The smallest absolute Gasteiger partial charge is 0.0546 e. The molecule has 0 spiro atoms. The average molecular weight is 223 g/mol. The van der Waals surface area contributed by atoms with E-state index in [4.69, 9.17) is 0 Å². The van der Waals surface area contributed by atoms with Crippen LogP contribution >= 0.6 is 0 Å². The normalized spacial score (nSPS) is 16.8. The summed E-state index contributed by atoms with van der Waals surface area (Å²) in [7, 11) is 0. The van der Waals surface area contributed by atoms with Crippen molar-refractivity contribution in [1.29, 1.82) is 0 Å². The van der Waals surface area contributed by atoms with E-state index in [2.05, 4.69) is 28.9 Å². The summed E-state index contributed by atoms with van der Waals surface area (Å²) in [5, 5.41) is 7.88. The summed E-state index contributed by atoms with van der Waals surface area (Å²) in [5.41, 5.74) is 2.75. The van der Waals surface area contributed by atoms with Gasteiger partial charge < -0.3 is 5.32 Å². The van der Waals surface area contributed by atoms with E-state index in [1.54, 1.807) is 0 Å². The highest BCUT2D eigenvalue weighted by molar-refractivity contribution is 5.16. The summed E-state index contributed by atoms with van der Waals surface area (Å²) in [6, 6.07) is 0.622. The van der Waals surface area contributed by atoms with Gasteiger partial charge in [0.25, 0.3) is 0 Å². The van der Waals surface area contributed by atoms with Gasteiger partial charge in [-0.3, -0.25) is 4.68 Å². The highest BCUT2D eigenvalue weighted by Crippen LogP contribution is 2.21. The highest BCUT2D eigenvalue weighted by Gasteiger charge is 2.17. The summed E-state index contributed by atoms with van der Waals surface area (Å²) in [6.07, 6.45) is 5.55. The monoisotopic (exact) mass is 223 g/mol. The summed E-state index contributed by atoms with van der Waals surface area (Å²) in [6.45, 7) is 10.6. The van der Waals surface area contributed by atoms with Crippen LogP contribution in [0.5, 0.6) is 0 Å². The second-order valence-corrected chi connectivity index (χ2v) is 4.03. The van der Waals surface area contributed by atoms with E-state index in [1.807, 2.05) is 20.0 Å². The summed E-state index contributed by atoms with van der Waals surface area (Å²) >= 11 is 0. The van der Waals surface area contributed by atoms with Crippen LogP contribution in [0.3, 0.4) is 0 Å². The van der Waals surface area contributed by atoms with Gasteiger partial charge in [0.05, 0.1) is 12.2 Å². The maximum absolute atomic E-state index is 4.50. The fourth-order valence-corrected chi connectivity index (χ4v) is 2.23. The van der Waals surface area contributed by atoms with Crippen LogP contribution in [0.1, 0.15) is 50.9 Å². The van der Waals surface area contributed by atoms with Crippen LogP contribution in [0.15, 0.2) is 6.20 Å². The number of hydrogen-bond acceptors (Lipinski definition) is 2. The predicted octanol–water partition coefficient (Wildman–Crippen LogP) is 2.70. The van der Waals surface area contributed by atoms with Crippen LogP contribution in [0.2, 0.25) is 0 Å². The standard InChI is InChI=1S/C11H19N3.C2H6/c1-3-10-8-13-14(9(10)2)11-4-6-12-7-5-11;1-2/h8,11-12H,3-7H2,1-2H3;1-2H3. The second-order valence-electron chi connectivity index (χ2n) is 4.03. The maximum Gasteiger partial charge on any atom is 0.0546 e. The van der Waals surface area contributed by atoms with Crippen LogP contribution in [-0.2, 0) is 6.42 Å². The number of aromatic nitrogens is 2. The summed E-state index contributed by atoms with van der Waals surface area (Å²) in [4.78, 5) is 0. The summed E-state index contributed by atoms with van der Waals surface area (Å²) in [5.74, 6) is 0. The minimum Gasteiger partial charge on any atom is -0.317 e. The molecule has 3 heteroatoms. The molecule has 1 aliphatic heterocycles. The molecular formula is C13H25N3. The molecule has 1 saturated heterocycles. The SMILES string of the molecule is CC.CCc1cnn(C2CCNCC2)c1C. The lowest BCUT2D eigenvalue weighted by Crippen LogP contribution is -2.30. The molecule has 1 aliphatic rings. The Hall–Kier alpha value is -0.830. The lowest BCUT2D eigenvalue weighted by Gasteiger charge is -2.24. The molecule has 1 N–H and O–H groups in total. The molecule has 3 nitrogen and oxygen atoms in total. The number of nitrogens with zero attached hydrogens (tertiary/aromatic N) is 2. The molecule has 0 radical (unpaired) electrons. The van der Waals surface area contributed by atoms with Gasteiger partial charge in [0, 0.05) is 5.69 Å². The van der Waals surface area contributed by atoms with Crippen LogP contribution < -0.4 is 5.32 Å². The van der Waals surface area contributed by atoms with Crippen LogP contribution in [0.25, 0.3) is 0 Å². The Bertz CT molecular complexity index is 298. The lowest BCUT2D eigenvalue weighted by molar-refractivity contribution is 0.338. The molecule has 0 bridgehead atoms. The van der Waals surface area contributed by atoms with E-state index in [-0.39, 0.29) is 0 Å². The van der Waals surface area contributed by atoms with Crippen molar-refractivity contribution in [3.05, 3.63) is 17.5 Å². The Balaban J connectivity index is 0.000000606. The molecule has 2 rings (SSSR count). The zero-order valence-corrected chi connectivity index (χ0v) is 11.1. The summed E-state index contributed by atoms with van der Waals surface area (Å²) < 4.78 is 2.22. The first-order valence-corrected chi connectivity index (χ1v) is 6.56. The van der Waals surface area contributed by atoms with Gasteiger partial charge in [-0.25, -0.2) is 0 Å². The Labute approximate surface area is 99.2 Å². The van der Waals surface area contributed by atoms with Gasteiger partial charge in [0.2, 0.25) is 0 Å². The van der Waals surface area contributed by atoms with Crippen LogP contribution in [0.4, 0.5) is 0 Å². The Morgan fingerprint density at radius 1 is 1.38 bits per heavy atom. The quantitative estimate of drug-likeness (QED) is 0.835. The van der Waals surface area contributed by atoms with Gasteiger partial charge in [-0.1, -0.05) is 20.8 Å². The second kappa shape index (κ2) is 6.69. The third-order valence-electron chi connectivity index (χ3n) is 3.18. The molecule has 92 valence electrons. The van der Waals surface area contributed by atoms with Crippen LogP contribution in [0, 0.1) is 6.92 Å². The highest BCUT2D eigenvalue weighted by atomic mass is 15.3. The number of rotatable bonds is 2. The minimum absolute atomic E-state index is 0.622. The number of hydrogen-bond donors (Lipinski definition) is 1. The lowest BCUT2D eigenvalue weighted by atomic mass is 10.1. The van der Waals surface area contributed by atoms with Crippen molar-refractivity contribution in [3.63, 3.8) is 0 Å². The van der Waals surface area contributed by atoms with Crippen molar-refractivity contribution in [2.45, 2.75) is 53.0 Å². The largest absolute Gasteiger partial charge is 0.317 e. The maximum atomic E-state index is 4.50. The zero-order valence-electron chi connectivity index (χ0n) is 11.1. The zero-order chi connectivity index (χ0) is 12.0. The van der Waals surface area contributed by atoms with Gasteiger partial charge in [0.1, 0.15) is 0 Å². The van der Waals surface area contributed by atoms with E-state index < -0.39 is 0 Å². The number of aryl methyl sites for hydroxylation is 1. The van der Waals surface area contributed by atoms with Crippen LogP contribution in [-0.4, -0.2) is 22.9 Å². The predicted molar refractivity (Wildman–Crippen MR) is 68.8 cm³/mol. The average Bonchev–Trinajstić information content (AvgIpc) is 2.74. The third-order valence-corrected chi connectivity index (χ3v) is 3.18. The van der Waals surface area contributed by atoms with E-state index in [0.29, 0.717) is 6.04 Å². The Morgan fingerprint density at radius 3 is 2.50 bits per heavy atom. The Morgan fingerprint density at radius 2 is 2.00 bits per heavy atom. The fraction of sp³-hybridized carbons (Fsp3) is 0.769. The molecule has 0 unspecified atom stereocenters. The molecule has 2 heterocycles.